The molecule has 4 aromatic rings. The molecule has 1 aliphatic rings. The van der Waals surface area contributed by atoms with E-state index in [-0.39, 0.29) is 19.0 Å². The zero-order chi connectivity index (χ0) is 30.6. The summed E-state index contributed by atoms with van der Waals surface area (Å²) in [6, 6.07) is 20.4. The van der Waals surface area contributed by atoms with Crippen LogP contribution in [-0.4, -0.2) is 30.4 Å². The van der Waals surface area contributed by atoms with Crippen molar-refractivity contribution in [2.24, 2.45) is 0 Å². The van der Waals surface area contributed by atoms with Crippen LogP contribution in [0.15, 0.2) is 77.3 Å². The van der Waals surface area contributed by atoms with Crippen molar-refractivity contribution in [1.82, 2.24) is 5.16 Å². The largest absolute Gasteiger partial charge is 0.465 e. The number of nitrogens with zero attached hydrogens (tertiary/aromatic N) is 1. The summed E-state index contributed by atoms with van der Waals surface area (Å²) in [5.74, 6) is 0.188. The third-order valence-corrected chi connectivity index (χ3v) is 7.54. The predicted octanol–water partition coefficient (Wildman–Crippen LogP) is 7.98. The maximum Gasteiger partial charge on any atom is 0.416 e. The van der Waals surface area contributed by atoms with Crippen molar-refractivity contribution in [1.29, 1.82) is 0 Å². The number of ether oxygens (including phenoxy) is 2. The lowest BCUT2D eigenvalue weighted by Gasteiger charge is -2.14. The maximum absolute atomic E-state index is 13.0. The molecule has 1 fully saturated rings. The van der Waals surface area contributed by atoms with Gasteiger partial charge in [-0.1, -0.05) is 78.8 Å². The molecule has 10 heteroatoms. The highest BCUT2D eigenvalue weighted by molar-refractivity contribution is 5.91. The number of anilines is 1. The highest BCUT2D eigenvalue weighted by Crippen LogP contribution is 2.49. The van der Waals surface area contributed by atoms with Crippen molar-refractivity contribution in [2.75, 3.05) is 18.5 Å². The van der Waals surface area contributed by atoms with E-state index in [0.717, 1.165) is 41.7 Å². The second-order valence-electron chi connectivity index (χ2n) is 10.4. The van der Waals surface area contributed by atoms with Gasteiger partial charge in [0.1, 0.15) is 11.4 Å². The fraction of sp³-hybridized carbons (Fsp3) is 0.303. The van der Waals surface area contributed by atoms with E-state index in [4.69, 9.17) is 14.0 Å². The highest BCUT2D eigenvalue weighted by Gasteiger charge is 2.52. The minimum atomic E-state index is -4.44. The fourth-order valence-electron chi connectivity index (χ4n) is 4.99. The summed E-state index contributed by atoms with van der Waals surface area (Å²) in [7, 11) is 0. The van der Waals surface area contributed by atoms with Crippen LogP contribution in [0.4, 0.5) is 23.7 Å². The number of hydrogen-bond donors (Lipinski definition) is 1. The zero-order valence-electron chi connectivity index (χ0n) is 23.8. The van der Waals surface area contributed by atoms with Crippen LogP contribution >= 0.6 is 0 Å². The molecule has 1 heterocycles. The van der Waals surface area contributed by atoms with Crippen molar-refractivity contribution in [3.8, 4) is 22.5 Å². The molecule has 1 aromatic heterocycles. The summed E-state index contributed by atoms with van der Waals surface area (Å²) in [6.07, 6.45) is -3.02. The molecule has 0 saturated heterocycles. The lowest BCUT2D eigenvalue weighted by Crippen LogP contribution is -2.23. The van der Waals surface area contributed by atoms with E-state index in [9.17, 15) is 22.8 Å². The molecule has 1 N–H and O–H groups in total. The second-order valence-corrected chi connectivity index (χ2v) is 10.4. The van der Waals surface area contributed by atoms with Gasteiger partial charge in [0.05, 0.1) is 24.2 Å². The van der Waals surface area contributed by atoms with E-state index in [0.29, 0.717) is 41.3 Å². The minimum absolute atomic E-state index is 0.108. The van der Waals surface area contributed by atoms with Crippen LogP contribution in [0.1, 0.15) is 49.1 Å². The predicted molar refractivity (Wildman–Crippen MR) is 154 cm³/mol. The molecule has 224 valence electrons. The molecule has 5 rings (SSSR count). The van der Waals surface area contributed by atoms with Crippen LogP contribution in [0.3, 0.4) is 0 Å². The molecule has 0 atom stereocenters. The number of alkyl halides is 3. The van der Waals surface area contributed by atoms with Gasteiger partial charge in [-0.15, -0.1) is 0 Å². The van der Waals surface area contributed by atoms with Gasteiger partial charge in [0.25, 0.3) is 0 Å². The Morgan fingerprint density at radius 1 is 0.930 bits per heavy atom. The highest BCUT2D eigenvalue weighted by atomic mass is 19.4. The standard InChI is InChI=1S/C33H31F3N2O5/c1-3-27-28(37-31(40)42-19-16-21-6-5-7-26(20-21)33(34,35)36)29(43-38-27)24-10-8-22(9-11-24)23-12-14-25(15-13-23)32(17-18-32)30(39)41-4-2/h5-15,20H,3-4,16-19H2,1-2H3,(H,37,40). The maximum atomic E-state index is 13.0. The van der Waals surface area contributed by atoms with Crippen molar-refractivity contribution in [2.45, 2.75) is 51.1 Å². The Balaban J connectivity index is 1.24. The van der Waals surface area contributed by atoms with Gasteiger partial charge in [0, 0.05) is 12.0 Å². The molecular formula is C33H31F3N2O5. The van der Waals surface area contributed by atoms with Crippen LogP contribution in [0.5, 0.6) is 0 Å². The molecule has 0 spiro atoms. The summed E-state index contributed by atoms with van der Waals surface area (Å²) >= 11 is 0. The molecule has 1 saturated carbocycles. The Bertz CT molecular complexity index is 1590. The van der Waals surface area contributed by atoms with Gasteiger partial charge in [0.15, 0.2) is 5.76 Å². The average Bonchev–Trinajstić information content (AvgIpc) is 3.72. The fourth-order valence-corrected chi connectivity index (χ4v) is 4.99. The number of aromatic nitrogens is 1. The van der Waals surface area contributed by atoms with E-state index in [2.05, 4.69) is 10.5 Å². The van der Waals surface area contributed by atoms with Gasteiger partial charge in [-0.25, -0.2) is 4.79 Å². The molecule has 1 amide bonds. The number of carbonyl (C=O) groups is 2. The van der Waals surface area contributed by atoms with Crippen LogP contribution in [0.2, 0.25) is 0 Å². The molecule has 7 nitrogen and oxygen atoms in total. The Kier molecular flexibility index (Phi) is 8.57. The monoisotopic (exact) mass is 592 g/mol. The first kappa shape index (κ1) is 29.9. The summed E-state index contributed by atoms with van der Waals surface area (Å²) in [4.78, 5) is 25.0. The van der Waals surface area contributed by atoms with Gasteiger partial charge >= 0.3 is 18.2 Å². The molecule has 0 radical (unpaired) electrons. The lowest BCUT2D eigenvalue weighted by atomic mass is 9.93. The van der Waals surface area contributed by atoms with Gasteiger partial charge in [-0.05, 0) is 54.5 Å². The lowest BCUT2D eigenvalue weighted by molar-refractivity contribution is -0.146. The zero-order valence-corrected chi connectivity index (χ0v) is 23.8. The Labute approximate surface area is 247 Å². The number of halogens is 3. The molecule has 1 aliphatic carbocycles. The number of carbonyl (C=O) groups excluding carboxylic acids is 2. The third kappa shape index (κ3) is 6.58. The topological polar surface area (TPSA) is 90.7 Å². The number of benzene rings is 3. The third-order valence-electron chi connectivity index (χ3n) is 7.54. The normalized spacial score (nSPS) is 13.8. The van der Waals surface area contributed by atoms with Crippen molar-refractivity contribution < 1.29 is 36.8 Å². The van der Waals surface area contributed by atoms with E-state index in [1.807, 2.05) is 55.5 Å². The Morgan fingerprint density at radius 3 is 2.19 bits per heavy atom. The van der Waals surface area contributed by atoms with Crippen molar-refractivity contribution >= 4 is 17.7 Å². The molecule has 3 aromatic carbocycles. The summed E-state index contributed by atoms with van der Waals surface area (Å²) < 4.78 is 55.0. The Morgan fingerprint density at radius 2 is 1.58 bits per heavy atom. The van der Waals surface area contributed by atoms with Crippen molar-refractivity contribution in [3.63, 3.8) is 0 Å². The van der Waals surface area contributed by atoms with Gasteiger partial charge in [-0.3, -0.25) is 10.1 Å². The summed E-state index contributed by atoms with van der Waals surface area (Å²) in [6.45, 7) is 3.93. The van der Waals surface area contributed by atoms with Gasteiger partial charge < -0.3 is 14.0 Å². The first-order valence-corrected chi connectivity index (χ1v) is 14.1. The first-order chi connectivity index (χ1) is 20.6. The molecule has 0 bridgehead atoms. The van der Waals surface area contributed by atoms with E-state index < -0.39 is 23.2 Å². The van der Waals surface area contributed by atoms with Crippen LogP contribution in [0.25, 0.3) is 22.5 Å². The Hall–Kier alpha value is -4.60. The van der Waals surface area contributed by atoms with E-state index in [1.54, 1.807) is 13.0 Å². The van der Waals surface area contributed by atoms with E-state index in [1.165, 1.54) is 6.07 Å². The van der Waals surface area contributed by atoms with E-state index >= 15 is 0 Å². The molecule has 0 aliphatic heterocycles. The van der Waals surface area contributed by atoms with Crippen LogP contribution in [0, 0.1) is 0 Å². The second kappa shape index (κ2) is 12.3. The number of hydrogen-bond acceptors (Lipinski definition) is 6. The van der Waals surface area contributed by atoms with Gasteiger partial charge in [-0.2, -0.15) is 13.2 Å². The average molecular weight is 593 g/mol. The SMILES string of the molecule is CCOC(=O)C1(c2ccc(-c3ccc(-c4onc(CC)c4NC(=O)OCCc4cccc(C(F)(F)F)c4)cc3)cc2)CC1. The number of esters is 1. The molecule has 0 unspecified atom stereocenters. The minimum Gasteiger partial charge on any atom is -0.465 e. The number of amides is 1. The molecular weight excluding hydrogens is 561 g/mol. The van der Waals surface area contributed by atoms with Crippen LogP contribution < -0.4 is 5.32 Å². The number of nitrogens with one attached hydrogen (secondary N) is 1. The summed E-state index contributed by atoms with van der Waals surface area (Å²) in [5, 5.41) is 6.77. The first-order valence-electron chi connectivity index (χ1n) is 14.1. The van der Waals surface area contributed by atoms with Gasteiger partial charge in [0.2, 0.25) is 0 Å². The molecule has 43 heavy (non-hydrogen) atoms. The summed E-state index contributed by atoms with van der Waals surface area (Å²) in [5.41, 5.74) is 3.61. The smallest absolute Gasteiger partial charge is 0.416 e. The number of rotatable bonds is 10. The number of aryl methyl sites for hydroxylation is 1. The van der Waals surface area contributed by atoms with Crippen molar-refractivity contribution in [3.05, 3.63) is 95.2 Å². The quantitative estimate of drug-likeness (QED) is 0.188. The van der Waals surface area contributed by atoms with Crippen LogP contribution in [-0.2, 0) is 38.7 Å².